The molecule has 0 spiro atoms. The maximum atomic E-state index is 3.89. The van der Waals surface area contributed by atoms with Crippen LogP contribution >= 0.6 is 8.02 Å². The van der Waals surface area contributed by atoms with E-state index in [0.717, 1.165) is 0 Å². The van der Waals surface area contributed by atoms with Gasteiger partial charge in [0.1, 0.15) is 0 Å². The second kappa shape index (κ2) is 27.1. The Hall–Kier alpha value is 1.33. The van der Waals surface area contributed by atoms with Crippen LogP contribution in [0.2, 0.25) is 0 Å². The summed E-state index contributed by atoms with van der Waals surface area (Å²) in [6.07, 6.45) is 0. The van der Waals surface area contributed by atoms with E-state index < -0.39 is 0 Å². The van der Waals surface area contributed by atoms with E-state index in [1.807, 2.05) is 0 Å². The largest absolute Gasteiger partial charge is 0.0615 e. The van der Waals surface area contributed by atoms with Gasteiger partial charge in [-0.25, -0.2) is 0 Å². The Balaban J connectivity index is -0.00000000500. The first-order valence-electron chi connectivity index (χ1n) is 0.204. The predicted molar refractivity (Wildman–Crippen MR) is 27.2 cm³/mol. The van der Waals surface area contributed by atoms with Crippen LogP contribution < -0.4 is 0 Å². The van der Waals surface area contributed by atoms with Crippen molar-refractivity contribution in [3.05, 3.63) is 0 Å². The summed E-state index contributed by atoms with van der Waals surface area (Å²) in [4.78, 5) is 0. The molecule has 0 aliphatic heterocycles. The van der Waals surface area contributed by atoms with Gasteiger partial charge in [0.05, 0.1) is 0 Å². The Labute approximate surface area is 49.8 Å². The van der Waals surface area contributed by atoms with Gasteiger partial charge < -0.3 is 0 Å². The summed E-state index contributed by atoms with van der Waals surface area (Å²) in [5, 5.41) is 0. The van der Waals surface area contributed by atoms with Crippen molar-refractivity contribution in [2.75, 3.05) is 0 Å². The Morgan fingerprint density at radius 2 is 1.25 bits per heavy atom. The first kappa shape index (κ1) is 18.4. The van der Waals surface area contributed by atoms with Crippen LogP contribution in [0.3, 0.4) is 0 Å². The molecule has 0 saturated heterocycles. The topological polar surface area (TPSA) is 0 Å². The van der Waals surface area contributed by atoms with Gasteiger partial charge in [-0.3, -0.25) is 0 Å². The smallest absolute Gasteiger partial charge is 0 e. The van der Waals surface area contributed by atoms with Crippen LogP contribution in [0.1, 0.15) is 0 Å². The third kappa shape index (κ3) is 10.2. The molecule has 5 radical (unpaired) electrons. The minimum Gasteiger partial charge on any atom is -0.0615 e. The first-order valence-corrected chi connectivity index (χ1v) is 1.84. The zero-order valence-electron chi connectivity index (χ0n) is 2.41. The van der Waals surface area contributed by atoms with Gasteiger partial charge in [-0.1, -0.05) is 11.8 Å². The minimum atomic E-state index is 0. The van der Waals surface area contributed by atoms with E-state index in [2.05, 4.69) is 19.8 Å². The Morgan fingerprint density at radius 3 is 1.25 bits per heavy atom. The Kier molecular flexibility index (Phi) is 124. The molecule has 0 aromatic heterocycles. The molecular formula is HLiPSSi. The van der Waals surface area contributed by atoms with Gasteiger partial charge in [-0.15, -0.1) is 0 Å². The third-order valence-corrected chi connectivity index (χ3v) is 0. The summed E-state index contributed by atoms with van der Waals surface area (Å²) in [6, 6.07) is 0. The molecule has 0 aliphatic carbocycles. The molecule has 0 aromatic rings. The van der Waals surface area contributed by atoms with E-state index in [-0.39, 0.29) is 29.8 Å². The van der Waals surface area contributed by atoms with Crippen LogP contribution in [-0.4, -0.2) is 29.8 Å². The molecule has 0 saturated carbocycles. The van der Waals surface area contributed by atoms with Crippen LogP contribution in [0.4, 0.5) is 0 Å². The molecule has 0 N–H and O–H groups in total. The molecule has 0 bridgehead atoms. The molecule has 0 atom stereocenters. The van der Waals surface area contributed by atoms with Crippen LogP contribution in [0.5, 0.6) is 0 Å². The van der Waals surface area contributed by atoms with Gasteiger partial charge in [-0.05, 0) is 8.02 Å². The molecule has 0 nitrogen and oxygen atoms in total. The zero-order chi connectivity index (χ0) is 2.00. The molecule has 0 rings (SSSR count). The fraction of sp³-hybridized carbons (Fsp3) is 0. The first-order chi connectivity index (χ1) is 1.00. The minimum absolute atomic E-state index is 0. The van der Waals surface area contributed by atoms with Gasteiger partial charge in [0.15, 0.2) is 0 Å². The van der Waals surface area contributed by atoms with Crippen molar-refractivity contribution in [1.29, 1.82) is 0 Å². The van der Waals surface area contributed by atoms with Crippen molar-refractivity contribution >= 4 is 49.6 Å². The summed E-state index contributed by atoms with van der Waals surface area (Å²) >= 11 is 3.89. The monoisotopic (exact) mass is 98.9 g/mol. The van der Waals surface area contributed by atoms with Crippen LogP contribution in [0, 0.1) is 0 Å². The second-order valence-corrected chi connectivity index (χ2v) is 0. The molecule has 17 valence electrons. The quantitative estimate of drug-likeness (QED) is 0.300. The Bertz CT molecular complexity index is 8.00. The molecule has 0 fully saturated rings. The van der Waals surface area contributed by atoms with E-state index in [0.29, 0.717) is 0 Å². The zero-order valence-corrected chi connectivity index (χ0v) is 5.22. The van der Waals surface area contributed by atoms with Gasteiger partial charge in [0.2, 0.25) is 0 Å². The molecule has 0 aliphatic rings. The summed E-state index contributed by atoms with van der Waals surface area (Å²) < 4.78 is 0. The molecule has 0 amide bonds. The molecule has 0 unspecified atom stereocenters. The number of hydrogen-bond donors (Lipinski definition) is 0. The van der Waals surface area contributed by atoms with Crippen LogP contribution in [0.25, 0.3) is 0 Å². The summed E-state index contributed by atoms with van der Waals surface area (Å²) in [7, 11) is 2.56. The number of hydrogen-bond acceptors (Lipinski definition) is 1. The normalized spacial score (nSPS) is 1.00. The summed E-state index contributed by atoms with van der Waals surface area (Å²) in [5.74, 6) is 0. The molecule has 0 aromatic carbocycles. The molecular weight excluding hydrogens is 98.1 g/mol. The van der Waals surface area contributed by atoms with Crippen molar-refractivity contribution in [2.24, 2.45) is 0 Å². The van der Waals surface area contributed by atoms with Crippen LogP contribution in [0.15, 0.2) is 0 Å². The Morgan fingerprint density at radius 1 is 1.25 bits per heavy atom. The number of rotatable bonds is 0. The third-order valence-electron chi connectivity index (χ3n) is 0. The van der Waals surface area contributed by atoms with Crippen LogP contribution in [-0.2, 0) is 11.8 Å². The van der Waals surface area contributed by atoms with Gasteiger partial charge in [-0.2, -0.15) is 0 Å². The standard InChI is InChI=1S/Li.HPS.Si/c;1-2;/h;1H;. The SMILES string of the molecule is P=S.[Li].[Si]. The fourth-order valence-corrected chi connectivity index (χ4v) is 0. The van der Waals surface area contributed by atoms with E-state index >= 15 is 0 Å². The van der Waals surface area contributed by atoms with E-state index in [4.69, 9.17) is 0 Å². The van der Waals surface area contributed by atoms with Gasteiger partial charge >= 0.3 is 0 Å². The second-order valence-electron chi connectivity index (χ2n) is 0. The molecule has 4 heavy (non-hydrogen) atoms. The predicted octanol–water partition coefficient (Wildman–Crippen LogP) is -0.171. The average Bonchev–Trinajstić information content (AvgIpc) is 1.00. The van der Waals surface area contributed by atoms with Gasteiger partial charge in [0.25, 0.3) is 0 Å². The molecule has 4 heteroatoms. The maximum Gasteiger partial charge on any atom is 0 e. The molecule has 0 heterocycles. The van der Waals surface area contributed by atoms with Gasteiger partial charge in [0, 0.05) is 29.8 Å². The summed E-state index contributed by atoms with van der Waals surface area (Å²) in [5.41, 5.74) is 0. The van der Waals surface area contributed by atoms with Crippen molar-refractivity contribution < 1.29 is 0 Å². The average molecular weight is 99.1 g/mol. The summed E-state index contributed by atoms with van der Waals surface area (Å²) in [6.45, 7) is 0. The van der Waals surface area contributed by atoms with Crippen molar-refractivity contribution in [3.8, 4) is 0 Å². The van der Waals surface area contributed by atoms with E-state index in [1.165, 1.54) is 0 Å². The maximum absolute atomic E-state index is 3.89. The van der Waals surface area contributed by atoms with Crippen molar-refractivity contribution in [3.63, 3.8) is 0 Å². The van der Waals surface area contributed by atoms with E-state index in [1.54, 1.807) is 0 Å². The van der Waals surface area contributed by atoms with Crippen molar-refractivity contribution in [2.45, 2.75) is 0 Å². The fourth-order valence-electron chi connectivity index (χ4n) is 0. The van der Waals surface area contributed by atoms with E-state index in [9.17, 15) is 0 Å². The van der Waals surface area contributed by atoms with Crippen molar-refractivity contribution in [1.82, 2.24) is 0 Å².